The fraction of sp³-hybridized carbons (Fsp3) is 0.200. The van der Waals surface area contributed by atoms with Gasteiger partial charge in [0.25, 0.3) is 5.91 Å². The molecule has 0 spiro atoms. The number of ether oxygens (including phenoxy) is 3. The molecule has 0 aliphatic heterocycles. The molecule has 8 nitrogen and oxygen atoms in total. The van der Waals surface area contributed by atoms with Crippen LogP contribution in [0, 0.1) is 0 Å². The summed E-state index contributed by atoms with van der Waals surface area (Å²) in [6, 6.07) is 10.4. The first-order chi connectivity index (χ1) is 13.3. The Labute approximate surface area is 161 Å². The average Bonchev–Trinajstić information content (AvgIpc) is 2.63. The number of nitrogens with one attached hydrogen (secondary N) is 1. The van der Waals surface area contributed by atoms with E-state index in [2.05, 4.69) is 5.32 Å². The summed E-state index contributed by atoms with van der Waals surface area (Å²) >= 11 is 0. The molecule has 28 heavy (non-hydrogen) atoms. The lowest BCUT2D eigenvalue weighted by molar-refractivity contribution is -0.134. The molecule has 0 unspecified atom stereocenters. The van der Waals surface area contributed by atoms with E-state index in [9.17, 15) is 19.2 Å². The SMILES string of the molecule is CCOC(=O)c1ccccc1NC(=O)c1ccc(OC(C)=O)c(OC(C)=O)c1. The second-order valence-electron chi connectivity index (χ2n) is 5.57. The van der Waals surface area contributed by atoms with Gasteiger partial charge in [-0.1, -0.05) is 12.1 Å². The minimum absolute atomic E-state index is 0.00572. The van der Waals surface area contributed by atoms with Gasteiger partial charge in [-0.2, -0.15) is 0 Å². The summed E-state index contributed by atoms with van der Waals surface area (Å²) < 4.78 is 15.0. The Hall–Kier alpha value is -3.68. The molecule has 0 saturated heterocycles. The summed E-state index contributed by atoms with van der Waals surface area (Å²) in [6.07, 6.45) is 0. The lowest BCUT2D eigenvalue weighted by Crippen LogP contribution is -2.16. The Morgan fingerprint density at radius 2 is 1.54 bits per heavy atom. The second kappa shape index (κ2) is 9.31. The predicted octanol–water partition coefficient (Wildman–Crippen LogP) is 2.97. The van der Waals surface area contributed by atoms with E-state index in [1.54, 1.807) is 25.1 Å². The lowest BCUT2D eigenvalue weighted by atomic mass is 10.1. The number of carbonyl (C=O) groups is 4. The van der Waals surface area contributed by atoms with Crippen LogP contribution in [-0.4, -0.2) is 30.4 Å². The zero-order valence-corrected chi connectivity index (χ0v) is 15.6. The van der Waals surface area contributed by atoms with Crippen molar-refractivity contribution in [3.05, 3.63) is 53.6 Å². The van der Waals surface area contributed by atoms with Crippen LogP contribution in [0.25, 0.3) is 0 Å². The van der Waals surface area contributed by atoms with E-state index >= 15 is 0 Å². The summed E-state index contributed by atoms with van der Waals surface area (Å²) in [5.41, 5.74) is 0.601. The van der Waals surface area contributed by atoms with Crippen LogP contribution in [0.1, 0.15) is 41.5 Å². The van der Waals surface area contributed by atoms with Crippen molar-refractivity contribution < 1.29 is 33.4 Å². The van der Waals surface area contributed by atoms with E-state index in [4.69, 9.17) is 14.2 Å². The van der Waals surface area contributed by atoms with Crippen molar-refractivity contribution in [2.45, 2.75) is 20.8 Å². The molecule has 1 N–H and O–H groups in total. The Bertz CT molecular complexity index is 921. The van der Waals surface area contributed by atoms with E-state index in [0.717, 1.165) is 0 Å². The highest BCUT2D eigenvalue weighted by Crippen LogP contribution is 2.29. The molecule has 2 rings (SSSR count). The Kier molecular flexibility index (Phi) is 6.86. The smallest absolute Gasteiger partial charge is 0.340 e. The quantitative estimate of drug-likeness (QED) is 0.601. The van der Waals surface area contributed by atoms with Crippen molar-refractivity contribution >= 4 is 29.5 Å². The molecule has 146 valence electrons. The Morgan fingerprint density at radius 1 is 0.893 bits per heavy atom. The van der Waals surface area contributed by atoms with Gasteiger partial charge in [0.05, 0.1) is 17.9 Å². The van der Waals surface area contributed by atoms with Crippen LogP contribution in [0.3, 0.4) is 0 Å². The van der Waals surface area contributed by atoms with Gasteiger partial charge in [-0.05, 0) is 37.3 Å². The normalized spacial score (nSPS) is 9.96. The second-order valence-corrected chi connectivity index (χ2v) is 5.57. The van der Waals surface area contributed by atoms with Crippen LogP contribution < -0.4 is 14.8 Å². The molecule has 2 aromatic carbocycles. The molecule has 0 saturated carbocycles. The fourth-order valence-corrected chi connectivity index (χ4v) is 2.30. The third-order valence-corrected chi connectivity index (χ3v) is 3.38. The highest BCUT2D eigenvalue weighted by molar-refractivity contribution is 6.08. The first kappa shape index (κ1) is 20.6. The summed E-state index contributed by atoms with van der Waals surface area (Å²) in [5.74, 6) is -2.43. The molecule has 0 aliphatic carbocycles. The molecule has 8 heteroatoms. The number of carbonyl (C=O) groups excluding carboxylic acids is 4. The van der Waals surface area contributed by atoms with Gasteiger partial charge < -0.3 is 19.5 Å². The fourth-order valence-electron chi connectivity index (χ4n) is 2.30. The summed E-state index contributed by atoms with van der Waals surface area (Å²) in [7, 11) is 0. The molecule has 2 aromatic rings. The van der Waals surface area contributed by atoms with Crippen LogP contribution in [0.5, 0.6) is 11.5 Å². The largest absolute Gasteiger partial charge is 0.462 e. The highest BCUT2D eigenvalue weighted by Gasteiger charge is 2.17. The van der Waals surface area contributed by atoms with Crippen LogP contribution in [0.15, 0.2) is 42.5 Å². The van der Waals surface area contributed by atoms with Gasteiger partial charge in [0.2, 0.25) is 0 Å². The van der Waals surface area contributed by atoms with Crippen LogP contribution in [-0.2, 0) is 14.3 Å². The number of amides is 1. The highest BCUT2D eigenvalue weighted by atomic mass is 16.6. The van der Waals surface area contributed by atoms with Gasteiger partial charge in [-0.25, -0.2) is 4.79 Å². The number of para-hydroxylation sites is 1. The van der Waals surface area contributed by atoms with Crippen molar-refractivity contribution in [3.63, 3.8) is 0 Å². The number of esters is 3. The first-order valence-electron chi connectivity index (χ1n) is 8.40. The van der Waals surface area contributed by atoms with Gasteiger partial charge in [-0.15, -0.1) is 0 Å². The molecule has 1 amide bonds. The number of benzene rings is 2. The maximum Gasteiger partial charge on any atom is 0.340 e. The Balaban J connectivity index is 2.31. The monoisotopic (exact) mass is 385 g/mol. The van der Waals surface area contributed by atoms with E-state index < -0.39 is 23.8 Å². The van der Waals surface area contributed by atoms with E-state index in [-0.39, 0.29) is 34.9 Å². The molecular weight excluding hydrogens is 366 g/mol. The van der Waals surface area contributed by atoms with Gasteiger partial charge in [0, 0.05) is 19.4 Å². The zero-order chi connectivity index (χ0) is 20.7. The van der Waals surface area contributed by atoms with E-state index in [0.29, 0.717) is 0 Å². The van der Waals surface area contributed by atoms with Crippen LogP contribution in [0.2, 0.25) is 0 Å². The van der Waals surface area contributed by atoms with Crippen molar-refractivity contribution in [2.75, 3.05) is 11.9 Å². The lowest BCUT2D eigenvalue weighted by Gasteiger charge is -2.12. The zero-order valence-electron chi connectivity index (χ0n) is 15.6. The summed E-state index contributed by atoms with van der Waals surface area (Å²) in [5, 5.41) is 2.62. The van der Waals surface area contributed by atoms with Gasteiger partial charge in [0.1, 0.15) is 0 Å². The van der Waals surface area contributed by atoms with Crippen molar-refractivity contribution in [1.82, 2.24) is 0 Å². The molecule has 0 aromatic heterocycles. The van der Waals surface area contributed by atoms with Crippen LogP contribution in [0.4, 0.5) is 5.69 Å². The number of rotatable bonds is 6. The maximum absolute atomic E-state index is 12.6. The van der Waals surface area contributed by atoms with Crippen LogP contribution >= 0.6 is 0 Å². The minimum Gasteiger partial charge on any atom is -0.462 e. The molecule has 0 atom stereocenters. The van der Waals surface area contributed by atoms with Crippen molar-refractivity contribution in [3.8, 4) is 11.5 Å². The van der Waals surface area contributed by atoms with E-state index in [1.807, 2.05) is 0 Å². The topological polar surface area (TPSA) is 108 Å². The number of anilines is 1. The minimum atomic E-state index is -0.640. The summed E-state index contributed by atoms with van der Waals surface area (Å²) in [4.78, 5) is 47.1. The molecular formula is C20H19NO7. The average molecular weight is 385 g/mol. The molecule has 0 radical (unpaired) electrons. The predicted molar refractivity (Wildman–Crippen MR) is 99.4 cm³/mol. The van der Waals surface area contributed by atoms with Gasteiger partial charge in [0.15, 0.2) is 11.5 Å². The third-order valence-electron chi connectivity index (χ3n) is 3.38. The Morgan fingerprint density at radius 3 is 2.18 bits per heavy atom. The van der Waals surface area contributed by atoms with Gasteiger partial charge >= 0.3 is 17.9 Å². The first-order valence-corrected chi connectivity index (χ1v) is 8.40. The standard InChI is InChI=1S/C20H19NO7/c1-4-26-20(25)15-7-5-6-8-16(15)21-19(24)14-9-10-17(27-12(2)22)18(11-14)28-13(3)23/h5-11H,4H2,1-3H3,(H,21,24). The number of hydrogen-bond acceptors (Lipinski definition) is 7. The van der Waals surface area contributed by atoms with Crippen molar-refractivity contribution in [1.29, 1.82) is 0 Å². The van der Waals surface area contributed by atoms with Crippen molar-refractivity contribution in [2.24, 2.45) is 0 Å². The molecule has 0 fully saturated rings. The van der Waals surface area contributed by atoms with E-state index in [1.165, 1.54) is 38.1 Å². The third kappa shape index (κ3) is 5.41. The molecule has 0 aliphatic rings. The summed E-state index contributed by atoms with van der Waals surface area (Å²) in [6.45, 7) is 4.26. The molecule has 0 bridgehead atoms. The van der Waals surface area contributed by atoms with Gasteiger partial charge in [-0.3, -0.25) is 14.4 Å². The number of hydrogen-bond donors (Lipinski definition) is 1. The molecule has 0 heterocycles. The maximum atomic E-state index is 12.6.